The first-order chi connectivity index (χ1) is 7.19. The fourth-order valence-corrected chi connectivity index (χ4v) is 2.16. The molecular weight excluding hydrogens is 210 g/mol. The summed E-state index contributed by atoms with van der Waals surface area (Å²) in [6, 6.07) is 2.06. The van der Waals surface area contributed by atoms with Gasteiger partial charge in [-0.25, -0.2) is 0 Å². The number of thiophene rings is 1. The van der Waals surface area contributed by atoms with Crippen LogP contribution in [0.2, 0.25) is 0 Å². The summed E-state index contributed by atoms with van der Waals surface area (Å²) in [5.74, 6) is -0.198. The van der Waals surface area contributed by atoms with E-state index in [1.807, 2.05) is 12.3 Å². The Morgan fingerprint density at radius 2 is 2.40 bits per heavy atom. The average Bonchev–Trinajstić information content (AvgIpc) is 2.65. The van der Waals surface area contributed by atoms with E-state index in [-0.39, 0.29) is 11.9 Å². The molecule has 0 aliphatic rings. The number of carbonyl (C=O) groups excluding carboxylic acids is 1. The molecule has 84 valence electrons. The van der Waals surface area contributed by atoms with Crippen LogP contribution in [0.1, 0.15) is 18.9 Å². The molecule has 0 saturated carbocycles. The maximum Gasteiger partial charge on any atom is 0.310 e. The van der Waals surface area contributed by atoms with Gasteiger partial charge in [-0.05, 0) is 30.4 Å². The zero-order valence-electron chi connectivity index (χ0n) is 9.37. The quantitative estimate of drug-likeness (QED) is 0.786. The second kappa shape index (κ2) is 5.75. The third-order valence-electron chi connectivity index (χ3n) is 2.40. The van der Waals surface area contributed by atoms with Crippen molar-refractivity contribution in [2.45, 2.75) is 20.3 Å². The summed E-state index contributed by atoms with van der Waals surface area (Å²) in [4.78, 5) is 11.3. The molecule has 0 spiro atoms. The molecule has 0 bridgehead atoms. The van der Waals surface area contributed by atoms with E-state index >= 15 is 0 Å². The van der Waals surface area contributed by atoms with Gasteiger partial charge in [0.15, 0.2) is 0 Å². The fourth-order valence-electron chi connectivity index (χ4n) is 1.33. The Morgan fingerprint density at radius 1 is 1.67 bits per heavy atom. The van der Waals surface area contributed by atoms with E-state index in [2.05, 4.69) is 18.3 Å². The summed E-state index contributed by atoms with van der Waals surface area (Å²) in [5.41, 5.74) is 1.22. The summed E-state index contributed by atoms with van der Waals surface area (Å²) >= 11 is 1.66. The molecule has 1 heterocycles. The number of carbonyl (C=O) groups is 1. The van der Waals surface area contributed by atoms with E-state index in [0.29, 0.717) is 6.54 Å². The minimum Gasteiger partial charge on any atom is -0.469 e. The maximum absolute atomic E-state index is 11.3. The summed E-state index contributed by atoms with van der Waals surface area (Å²) in [6.45, 7) is 4.69. The number of hydrogen-bond acceptors (Lipinski definition) is 4. The van der Waals surface area contributed by atoms with E-state index in [0.717, 1.165) is 11.4 Å². The molecule has 0 saturated heterocycles. The van der Waals surface area contributed by atoms with Gasteiger partial charge in [0.25, 0.3) is 0 Å². The molecule has 1 atom stereocenters. The van der Waals surface area contributed by atoms with Crippen molar-refractivity contribution in [3.63, 3.8) is 0 Å². The number of esters is 1. The van der Waals surface area contributed by atoms with Crippen molar-refractivity contribution in [3.8, 4) is 0 Å². The smallest absolute Gasteiger partial charge is 0.310 e. The lowest BCUT2D eigenvalue weighted by molar-refractivity contribution is -0.145. The summed E-state index contributed by atoms with van der Waals surface area (Å²) in [5, 5.41) is 6.45. The first-order valence-electron chi connectivity index (χ1n) is 5.04. The molecular formula is C11H17NO2S. The Bertz CT molecular complexity index is 322. The van der Waals surface area contributed by atoms with Crippen LogP contribution in [0, 0.1) is 12.8 Å². The molecule has 0 aliphatic carbocycles. The van der Waals surface area contributed by atoms with Crippen molar-refractivity contribution in [2.75, 3.05) is 19.0 Å². The molecule has 1 aromatic heterocycles. The lowest BCUT2D eigenvalue weighted by Gasteiger charge is -2.13. The lowest BCUT2D eigenvalue weighted by atomic mass is 10.1. The molecule has 1 N–H and O–H groups in total. The summed E-state index contributed by atoms with van der Waals surface area (Å²) < 4.78 is 4.73. The third-order valence-corrected chi connectivity index (χ3v) is 3.37. The van der Waals surface area contributed by atoms with Crippen molar-refractivity contribution in [1.82, 2.24) is 0 Å². The van der Waals surface area contributed by atoms with Crippen molar-refractivity contribution in [3.05, 3.63) is 17.0 Å². The van der Waals surface area contributed by atoms with Crippen molar-refractivity contribution in [2.24, 2.45) is 5.92 Å². The van der Waals surface area contributed by atoms with Crippen molar-refractivity contribution < 1.29 is 9.53 Å². The first kappa shape index (κ1) is 12.0. The second-order valence-electron chi connectivity index (χ2n) is 3.44. The second-order valence-corrected chi connectivity index (χ2v) is 4.36. The number of rotatable bonds is 5. The van der Waals surface area contributed by atoms with Crippen molar-refractivity contribution >= 4 is 22.3 Å². The van der Waals surface area contributed by atoms with E-state index in [1.165, 1.54) is 12.7 Å². The Morgan fingerprint density at radius 3 is 2.87 bits per heavy atom. The zero-order chi connectivity index (χ0) is 11.3. The van der Waals surface area contributed by atoms with Crippen molar-refractivity contribution in [1.29, 1.82) is 0 Å². The molecule has 0 aromatic carbocycles. The molecule has 0 aliphatic heterocycles. The minimum absolute atomic E-state index is 0.0588. The highest BCUT2D eigenvalue weighted by atomic mass is 32.1. The number of nitrogens with one attached hydrogen (secondary N) is 1. The predicted molar refractivity (Wildman–Crippen MR) is 63.3 cm³/mol. The number of aryl methyl sites for hydroxylation is 1. The Hall–Kier alpha value is -1.03. The molecule has 0 radical (unpaired) electrons. The molecule has 3 nitrogen and oxygen atoms in total. The molecule has 0 amide bonds. The molecule has 1 aromatic rings. The van der Waals surface area contributed by atoms with Gasteiger partial charge < -0.3 is 10.1 Å². The van der Waals surface area contributed by atoms with Gasteiger partial charge in [0.1, 0.15) is 0 Å². The molecule has 1 rings (SSSR count). The minimum atomic E-state index is -0.140. The normalized spacial score (nSPS) is 12.2. The topological polar surface area (TPSA) is 38.3 Å². The van der Waals surface area contributed by atoms with Gasteiger partial charge in [0.2, 0.25) is 0 Å². The van der Waals surface area contributed by atoms with Crippen LogP contribution in [0.3, 0.4) is 0 Å². The van der Waals surface area contributed by atoms with Gasteiger partial charge in [0.05, 0.1) is 18.0 Å². The van der Waals surface area contributed by atoms with Crippen LogP contribution in [-0.2, 0) is 9.53 Å². The van der Waals surface area contributed by atoms with Crippen LogP contribution in [0.4, 0.5) is 5.00 Å². The molecule has 1 unspecified atom stereocenters. The zero-order valence-corrected chi connectivity index (χ0v) is 10.2. The van der Waals surface area contributed by atoms with E-state index < -0.39 is 0 Å². The van der Waals surface area contributed by atoms with E-state index in [1.54, 1.807) is 11.3 Å². The van der Waals surface area contributed by atoms with Crippen LogP contribution < -0.4 is 5.32 Å². The van der Waals surface area contributed by atoms with Crippen LogP contribution in [-0.4, -0.2) is 19.6 Å². The number of methoxy groups -OCH3 is 1. The van der Waals surface area contributed by atoms with Crippen LogP contribution in [0.25, 0.3) is 0 Å². The summed E-state index contributed by atoms with van der Waals surface area (Å²) in [6.07, 6.45) is 0.796. The predicted octanol–water partition coefficient (Wildman–Crippen LogP) is 2.67. The van der Waals surface area contributed by atoms with Gasteiger partial charge in [-0.1, -0.05) is 6.92 Å². The van der Waals surface area contributed by atoms with Gasteiger partial charge in [-0.2, -0.15) is 0 Å². The Kier molecular flexibility index (Phi) is 4.62. The lowest BCUT2D eigenvalue weighted by Crippen LogP contribution is -2.23. The van der Waals surface area contributed by atoms with Gasteiger partial charge in [-0.3, -0.25) is 4.79 Å². The Labute approximate surface area is 94.5 Å². The molecule has 0 fully saturated rings. The third kappa shape index (κ3) is 3.23. The summed E-state index contributed by atoms with van der Waals surface area (Å²) in [7, 11) is 1.43. The maximum atomic E-state index is 11.3. The van der Waals surface area contributed by atoms with Crippen LogP contribution >= 0.6 is 11.3 Å². The van der Waals surface area contributed by atoms with Gasteiger partial charge in [-0.15, -0.1) is 11.3 Å². The Balaban J connectivity index is 2.48. The van der Waals surface area contributed by atoms with E-state index in [9.17, 15) is 4.79 Å². The van der Waals surface area contributed by atoms with Crippen LogP contribution in [0.15, 0.2) is 11.4 Å². The molecule has 4 heteroatoms. The molecule has 15 heavy (non-hydrogen) atoms. The standard InChI is InChI=1S/C11H17NO2S/c1-4-9(11(13)14-3)7-12-10-8(2)5-6-15-10/h5-6,9,12H,4,7H2,1-3H3. The van der Waals surface area contributed by atoms with Crippen LogP contribution in [0.5, 0.6) is 0 Å². The number of hydrogen-bond donors (Lipinski definition) is 1. The van der Waals surface area contributed by atoms with Gasteiger partial charge in [0, 0.05) is 6.54 Å². The highest BCUT2D eigenvalue weighted by molar-refractivity contribution is 7.14. The first-order valence-corrected chi connectivity index (χ1v) is 5.92. The fraction of sp³-hybridized carbons (Fsp3) is 0.545. The largest absolute Gasteiger partial charge is 0.469 e. The highest BCUT2D eigenvalue weighted by Crippen LogP contribution is 2.22. The van der Waals surface area contributed by atoms with E-state index in [4.69, 9.17) is 4.74 Å². The van der Waals surface area contributed by atoms with Gasteiger partial charge >= 0.3 is 5.97 Å². The average molecular weight is 227 g/mol. The number of ether oxygens (including phenoxy) is 1. The SMILES string of the molecule is CCC(CNc1sccc1C)C(=O)OC. The monoisotopic (exact) mass is 227 g/mol. The number of anilines is 1. The highest BCUT2D eigenvalue weighted by Gasteiger charge is 2.16.